The highest BCUT2D eigenvalue weighted by Crippen LogP contribution is 2.24. The maximum atomic E-state index is 6.03. The molecule has 2 aromatic rings. The normalized spacial score (nSPS) is 10.4. The molecule has 94 valence electrons. The SMILES string of the molecule is Cc1ccnc(Cl)c1NCc1cc(Cl)cc(Cl)c1. The molecule has 0 spiro atoms. The molecule has 0 aliphatic heterocycles. The maximum absolute atomic E-state index is 6.03. The van der Waals surface area contributed by atoms with E-state index in [-0.39, 0.29) is 0 Å². The van der Waals surface area contributed by atoms with Crippen LogP contribution in [0.4, 0.5) is 5.69 Å². The predicted molar refractivity (Wildman–Crippen MR) is 77.8 cm³/mol. The summed E-state index contributed by atoms with van der Waals surface area (Å²) >= 11 is 17.9. The molecule has 0 atom stereocenters. The van der Waals surface area contributed by atoms with E-state index in [1.165, 1.54) is 0 Å². The lowest BCUT2D eigenvalue weighted by molar-refractivity contribution is 1.12. The summed E-state index contributed by atoms with van der Waals surface area (Å²) in [5.41, 5.74) is 2.87. The van der Waals surface area contributed by atoms with E-state index in [4.69, 9.17) is 34.8 Å². The number of hydrogen-bond acceptors (Lipinski definition) is 2. The molecule has 0 fully saturated rings. The molecule has 0 saturated heterocycles. The van der Waals surface area contributed by atoms with Crippen LogP contribution in [0.25, 0.3) is 0 Å². The van der Waals surface area contributed by atoms with Gasteiger partial charge < -0.3 is 5.32 Å². The van der Waals surface area contributed by atoms with E-state index in [1.807, 2.05) is 25.1 Å². The summed E-state index contributed by atoms with van der Waals surface area (Å²) in [6.45, 7) is 2.56. The number of aryl methyl sites for hydroxylation is 1. The third-order valence-electron chi connectivity index (χ3n) is 2.50. The summed E-state index contributed by atoms with van der Waals surface area (Å²) in [7, 11) is 0. The molecule has 1 aromatic carbocycles. The van der Waals surface area contributed by atoms with E-state index in [9.17, 15) is 0 Å². The van der Waals surface area contributed by atoms with Crippen LogP contribution >= 0.6 is 34.8 Å². The van der Waals surface area contributed by atoms with E-state index in [2.05, 4.69) is 10.3 Å². The first-order valence-corrected chi connectivity index (χ1v) is 6.49. The second-order valence-corrected chi connectivity index (χ2v) is 5.16. The Labute approximate surface area is 121 Å². The van der Waals surface area contributed by atoms with Crippen LogP contribution in [0, 0.1) is 6.92 Å². The van der Waals surface area contributed by atoms with Crippen molar-refractivity contribution >= 4 is 40.5 Å². The van der Waals surface area contributed by atoms with Crippen molar-refractivity contribution in [1.29, 1.82) is 0 Å². The molecule has 0 bridgehead atoms. The highest BCUT2D eigenvalue weighted by Gasteiger charge is 2.05. The third-order valence-corrected chi connectivity index (χ3v) is 3.23. The van der Waals surface area contributed by atoms with Gasteiger partial charge in [-0.25, -0.2) is 4.98 Å². The second-order valence-electron chi connectivity index (χ2n) is 3.92. The first kappa shape index (κ1) is 13.5. The Morgan fingerprint density at radius 2 is 1.78 bits per heavy atom. The lowest BCUT2D eigenvalue weighted by Gasteiger charge is -2.11. The van der Waals surface area contributed by atoms with Gasteiger partial charge in [-0.2, -0.15) is 0 Å². The minimum Gasteiger partial charge on any atom is -0.378 e. The summed E-state index contributed by atoms with van der Waals surface area (Å²) < 4.78 is 0. The molecule has 5 heteroatoms. The number of rotatable bonds is 3. The zero-order valence-corrected chi connectivity index (χ0v) is 11.9. The number of nitrogens with zero attached hydrogens (tertiary/aromatic N) is 1. The van der Waals surface area contributed by atoms with Crippen molar-refractivity contribution < 1.29 is 0 Å². The number of hydrogen-bond donors (Lipinski definition) is 1. The van der Waals surface area contributed by atoms with Crippen LogP contribution in [0.1, 0.15) is 11.1 Å². The average Bonchev–Trinajstić information content (AvgIpc) is 2.27. The van der Waals surface area contributed by atoms with Gasteiger partial charge in [0.2, 0.25) is 0 Å². The Morgan fingerprint density at radius 3 is 2.39 bits per heavy atom. The number of aromatic nitrogens is 1. The Balaban J connectivity index is 2.16. The van der Waals surface area contributed by atoms with Crippen LogP contribution in [0.5, 0.6) is 0 Å². The van der Waals surface area contributed by atoms with Crippen molar-refractivity contribution in [2.75, 3.05) is 5.32 Å². The first-order valence-electron chi connectivity index (χ1n) is 5.36. The van der Waals surface area contributed by atoms with Crippen molar-refractivity contribution in [3.05, 3.63) is 56.8 Å². The van der Waals surface area contributed by atoms with Crippen molar-refractivity contribution in [1.82, 2.24) is 4.98 Å². The summed E-state index contributed by atoms with van der Waals surface area (Å²) in [6.07, 6.45) is 1.68. The Hall–Kier alpha value is -0.960. The van der Waals surface area contributed by atoms with E-state index in [0.717, 1.165) is 16.8 Å². The number of nitrogens with one attached hydrogen (secondary N) is 1. The summed E-state index contributed by atoms with van der Waals surface area (Å²) in [6, 6.07) is 7.33. The van der Waals surface area contributed by atoms with E-state index in [1.54, 1.807) is 12.3 Å². The Kier molecular flexibility index (Phi) is 4.33. The van der Waals surface area contributed by atoms with Gasteiger partial charge in [0.1, 0.15) is 0 Å². The molecule has 0 unspecified atom stereocenters. The van der Waals surface area contributed by atoms with E-state index in [0.29, 0.717) is 21.7 Å². The van der Waals surface area contributed by atoms with Crippen molar-refractivity contribution in [3.8, 4) is 0 Å². The minimum absolute atomic E-state index is 0.461. The lowest BCUT2D eigenvalue weighted by atomic mass is 10.2. The first-order chi connectivity index (χ1) is 8.56. The molecule has 1 heterocycles. The monoisotopic (exact) mass is 300 g/mol. The van der Waals surface area contributed by atoms with Crippen molar-refractivity contribution in [3.63, 3.8) is 0 Å². The fourth-order valence-corrected chi connectivity index (χ4v) is 2.48. The highest BCUT2D eigenvalue weighted by atomic mass is 35.5. The van der Waals surface area contributed by atoms with E-state index >= 15 is 0 Å². The lowest BCUT2D eigenvalue weighted by Crippen LogP contribution is -2.02. The van der Waals surface area contributed by atoms with E-state index < -0.39 is 0 Å². The minimum atomic E-state index is 0.461. The van der Waals surface area contributed by atoms with Gasteiger partial charge >= 0.3 is 0 Å². The average molecular weight is 302 g/mol. The van der Waals surface area contributed by atoms with Crippen molar-refractivity contribution in [2.45, 2.75) is 13.5 Å². The molecule has 0 radical (unpaired) electrons. The molecule has 2 rings (SSSR count). The van der Waals surface area contributed by atoms with Crippen LogP contribution in [0.15, 0.2) is 30.5 Å². The molecule has 0 aliphatic carbocycles. The highest BCUT2D eigenvalue weighted by molar-refractivity contribution is 6.34. The third kappa shape index (κ3) is 3.29. The molecule has 0 aliphatic rings. The van der Waals surface area contributed by atoms with Crippen LogP contribution in [-0.4, -0.2) is 4.98 Å². The summed E-state index contributed by atoms with van der Waals surface area (Å²) in [4.78, 5) is 4.04. The zero-order valence-electron chi connectivity index (χ0n) is 9.67. The standard InChI is InChI=1S/C13H11Cl3N2/c1-8-2-3-17-13(16)12(8)18-7-9-4-10(14)6-11(15)5-9/h2-6,18H,7H2,1H3. The van der Waals surface area contributed by atoms with Gasteiger partial charge in [0.25, 0.3) is 0 Å². The van der Waals surface area contributed by atoms with Crippen molar-refractivity contribution in [2.24, 2.45) is 0 Å². The molecule has 0 amide bonds. The number of benzene rings is 1. The largest absolute Gasteiger partial charge is 0.378 e. The Morgan fingerprint density at radius 1 is 1.11 bits per heavy atom. The fraction of sp³-hybridized carbons (Fsp3) is 0.154. The molecule has 1 aromatic heterocycles. The van der Waals surface area contributed by atoms with Gasteiger partial charge in [-0.15, -0.1) is 0 Å². The van der Waals surface area contributed by atoms with Crippen LogP contribution in [-0.2, 0) is 6.54 Å². The van der Waals surface area contributed by atoms with Gasteiger partial charge in [-0.1, -0.05) is 34.8 Å². The van der Waals surface area contributed by atoms with Gasteiger partial charge in [0.15, 0.2) is 5.15 Å². The smallest absolute Gasteiger partial charge is 0.152 e. The fourth-order valence-electron chi connectivity index (χ4n) is 1.64. The topological polar surface area (TPSA) is 24.9 Å². The molecular weight excluding hydrogens is 291 g/mol. The maximum Gasteiger partial charge on any atom is 0.152 e. The molecule has 0 saturated carbocycles. The molecule has 2 nitrogen and oxygen atoms in total. The van der Waals surface area contributed by atoms with Gasteiger partial charge in [-0.3, -0.25) is 0 Å². The zero-order chi connectivity index (χ0) is 13.1. The number of pyridine rings is 1. The molecular formula is C13H11Cl3N2. The van der Waals surface area contributed by atoms with Crippen LogP contribution in [0.2, 0.25) is 15.2 Å². The number of halogens is 3. The number of anilines is 1. The second kappa shape index (κ2) is 5.79. The van der Waals surface area contributed by atoms with Gasteiger partial charge in [0.05, 0.1) is 5.69 Å². The van der Waals surface area contributed by atoms with Gasteiger partial charge in [-0.05, 0) is 42.3 Å². The predicted octanol–water partition coefficient (Wildman–Crippen LogP) is 4.96. The van der Waals surface area contributed by atoms with Crippen LogP contribution in [0.3, 0.4) is 0 Å². The summed E-state index contributed by atoms with van der Waals surface area (Å²) in [5, 5.41) is 4.94. The molecule has 18 heavy (non-hydrogen) atoms. The van der Waals surface area contributed by atoms with Gasteiger partial charge in [0, 0.05) is 22.8 Å². The summed E-state index contributed by atoms with van der Waals surface area (Å²) in [5.74, 6) is 0. The Bertz CT molecular complexity index is 530. The molecule has 1 N–H and O–H groups in total. The quantitative estimate of drug-likeness (QED) is 0.810. The van der Waals surface area contributed by atoms with Crippen LogP contribution < -0.4 is 5.32 Å².